The molecule has 0 aromatic heterocycles. The van der Waals surface area contributed by atoms with Gasteiger partial charge in [-0.05, 0) is 6.42 Å². The standard InChI is InChI=1S/C8H9BF6/c1-5(9)3-2-4-6(7(10,11)12)8(13,14)15/h4-5H,2-3H2,1H3. The Morgan fingerprint density at radius 2 is 1.53 bits per heavy atom. The van der Waals surface area contributed by atoms with Crippen molar-refractivity contribution in [2.45, 2.75) is 37.9 Å². The number of hydrogen-bond acceptors (Lipinski definition) is 0. The first-order chi connectivity index (χ1) is 6.55. The molecule has 1 atom stereocenters. The van der Waals surface area contributed by atoms with Crippen LogP contribution in [0, 0.1) is 0 Å². The molecular formula is C8H9BF6. The van der Waals surface area contributed by atoms with Gasteiger partial charge in [0.2, 0.25) is 0 Å². The second kappa shape index (κ2) is 4.94. The predicted molar refractivity (Wildman–Crippen MR) is 44.6 cm³/mol. The second-order valence-corrected chi connectivity index (χ2v) is 3.17. The van der Waals surface area contributed by atoms with E-state index in [1.807, 2.05) is 0 Å². The van der Waals surface area contributed by atoms with E-state index in [9.17, 15) is 26.3 Å². The monoisotopic (exact) mass is 230 g/mol. The lowest BCUT2D eigenvalue weighted by molar-refractivity contribution is -0.172. The Balaban J connectivity index is 4.67. The fourth-order valence-electron chi connectivity index (χ4n) is 0.883. The van der Waals surface area contributed by atoms with Crippen molar-refractivity contribution in [1.82, 2.24) is 0 Å². The zero-order valence-electron chi connectivity index (χ0n) is 7.91. The highest BCUT2D eigenvalue weighted by Gasteiger charge is 2.50. The van der Waals surface area contributed by atoms with Gasteiger partial charge in [-0.25, -0.2) is 0 Å². The van der Waals surface area contributed by atoms with Gasteiger partial charge in [0.1, 0.15) is 5.57 Å². The zero-order chi connectivity index (χ0) is 12.3. The van der Waals surface area contributed by atoms with Gasteiger partial charge >= 0.3 is 12.4 Å². The maximum Gasteiger partial charge on any atom is 0.420 e. The first kappa shape index (κ1) is 14.4. The number of hydrogen-bond donors (Lipinski definition) is 0. The summed E-state index contributed by atoms with van der Waals surface area (Å²) in [6.45, 7) is 1.51. The Morgan fingerprint density at radius 3 is 1.80 bits per heavy atom. The van der Waals surface area contributed by atoms with Crippen LogP contribution in [-0.4, -0.2) is 20.2 Å². The molecule has 0 spiro atoms. The molecule has 0 saturated carbocycles. The minimum Gasteiger partial charge on any atom is -0.166 e. The molecule has 0 aliphatic rings. The lowest BCUT2D eigenvalue weighted by Gasteiger charge is -2.15. The molecule has 1 unspecified atom stereocenters. The van der Waals surface area contributed by atoms with Gasteiger partial charge in [0.15, 0.2) is 0 Å². The molecule has 0 amide bonds. The smallest absolute Gasteiger partial charge is 0.166 e. The number of rotatable bonds is 3. The fraction of sp³-hybridized carbons (Fsp3) is 0.750. The van der Waals surface area contributed by atoms with Crippen molar-refractivity contribution in [1.29, 1.82) is 0 Å². The molecule has 0 fully saturated rings. The molecule has 0 N–H and O–H groups in total. The Labute approximate surface area is 84.7 Å². The lowest BCUT2D eigenvalue weighted by atomic mass is 9.85. The van der Waals surface area contributed by atoms with Gasteiger partial charge in [0, 0.05) is 0 Å². The van der Waals surface area contributed by atoms with Gasteiger partial charge in [0.05, 0.1) is 7.85 Å². The number of allylic oxidation sites excluding steroid dienone is 2. The highest BCUT2D eigenvalue weighted by molar-refractivity contribution is 6.11. The van der Waals surface area contributed by atoms with Crippen LogP contribution in [0.4, 0.5) is 26.3 Å². The Kier molecular flexibility index (Phi) is 4.74. The van der Waals surface area contributed by atoms with Crippen LogP contribution in [0.5, 0.6) is 0 Å². The van der Waals surface area contributed by atoms with E-state index in [4.69, 9.17) is 7.85 Å². The molecule has 0 bridgehead atoms. The van der Waals surface area contributed by atoms with E-state index in [-0.39, 0.29) is 18.9 Å². The summed E-state index contributed by atoms with van der Waals surface area (Å²) in [6, 6.07) is 0. The van der Waals surface area contributed by atoms with Crippen LogP contribution in [0.1, 0.15) is 19.8 Å². The van der Waals surface area contributed by atoms with Gasteiger partial charge in [-0.3, -0.25) is 0 Å². The van der Waals surface area contributed by atoms with E-state index in [1.54, 1.807) is 0 Å². The molecule has 0 rings (SSSR count). The molecule has 7 heteroatoms. The number of halogens is 6. The van der Waals surface area contributed by atoms with Gasteiger partial charge in [-0.15, -0.1) is 0 Å². The summed E-state index contributed by atoms with van der Waals surface area (Å²) in [5.41, 5.74) is -2.46. The van der Waals surface area contributed by atoms with Crippen molar-refractivity contribution in [3.8, 4) is 0 Å². The third-order valence-electron chi connectivity index (χ3n) is 1.58. The average Bonchev–Trinajstić information content (AvgIpc) is 1.92. The van der Waals surface area contributed by atoms with Crippen molar-refractivity contribution in [2.75, 3.05) is 0 Å². The third-order valence-corrected chi connectivity index (χ3v) is 1.58. The van der Waals surface area contributed by atoms with Crippen molar-refractivity contribution in [3.63, 3.8) is 0 Å². The van der Waals surface area contributed by atoms with Crippen molar-refractivity contribution < 1.29 is 26.3 Å². The highest BCUT2D eigenvalue weighted by Crippen LogP contribution is 2.38. The van der Waals surface area contributed by atoms with Crippen molar-refractivity contribution >= 4 is 7.85 Å². The van der Waals surface area contributed by atoms with Gasteiger partial charge in [-0.2, -0.15) is 26.3 Å². The second-order valence-electron chi connectivity index (χ2n) is 3.17. The Morgan fingerprint density at radius 1 is 1.13 bits per heavy atom. The van der Waals surface area contributed by atoms with Crippen LogP contribution in [0.3, 0.4) is 0 Å². The Bertz CT molecular complexity index is 208. The summed E-state index contributed by atoms with van der Waals surface area (Å²) in [6.07, 6.45) is -10.8. The Hall–Kier alpha value is -0.615. The maximum absolute atomic E-state index is 11.9. The zero-order valence-corrected chi connectivity index (χ0v) is 7.91. The van der Waals surface area contributed by atoms with Gasteiger partial charge in [-0.1, -0.05) is 25.2 Å². The average molecular weight is 230 g/mol. The van der Waals surface area contributed by atoms with E-state index in [2.05, 4.69) is 0 Å². The molecule has 0 aliphatic carbocycles. The number of alkyl halides is 6. The van der Waals surface area contributed by atoms with E-state index >= 15 is 0 Å². The van der Waals surface area contributed by atoms with Crippen LogP contribution in [0.2, 0.25) is 5.82 Å². The van der Waals surface area contributed by atoms with E-state index in [1.165, 1.54) is 6.92 Å². The van der Waals surface area contributed by atoms with Crippen LogP contribution in [0.15, 0.2) is 11.6 Å². The van der Waals surface area contributed by atoms with Crippen molar-refractivity contribution in [2.24, 2.45) is 0 Å². The maximum atomic E-state index is 11.9. The molecular weight excluding hydrogens is 221 g/mol. The summed E-state index contributed by atoms with van der Waals surface area (Å²) in [4.78, 5) is 0. The van der Waals surface area contributed by atoms with Crippen LogP contribution < -0.4 is 0 Å². The van der Waals surface area contributed by atoms with Crippen LogP contribution >= 0.6 is 0 Å². The summed E-state index contributed by atoms with van der Waals surface area (Å²) < 4.78 is 71.5. The summed E-state index contributed by atoms with van der Waals surface area (Å²) in [5, 5.41) is 0. The molecule has 2 radical (unpaired) electrons. The summed E-state index contributed by atoms with van der Waals surface area (Å²) >= 11 is 0. The molecule has 0 aliphatic heterocycles. The summed E-state index contributed by atoms with van der Waals surface area (Å²) in [5.74, 6) is -0.427. The topological polar surface area (TPSA) is 0 Å². The molecule has 0 aromatic carbocycles. The molecule has 86 valence electrons. The quantitative estimate of drug-likeness (QED) is 0.393. The van der Waals surface area contributed by atoms with Gasteiger partial charge < -0.3 is 0 Å². The summed E-state index contributed by atoms with van der Waals surface area (Å²) in [7, 11) is 5.20. The highest BCUT2D eigenvalue weighted by atomic mass is 19.4. The first-order valence-electron chi connectivity index (χ1n) is 4.15. The molecule has 0 saturated heterocycles. The predicted octanol–water partition coefficient (Wildman–Crippen LogP) is 3.79. The first-order valence-corrected chi connectivity index (χ1v) is 4.15. The normalized spacial score (nSPS) is 14.9. The molecule has 0 heterocycles. The molecule has 15 heavy (non-hydrogen) atoms. The van der Waals surface area contributed by atoms with E-state index in [0.29, 0.717) is 0 Å². The van der Waals surface area contributed by atoms with E-state index < -0.39 is 23.7 Å². The van der Waals surface area contributed by atoms with Crippen LogP contribution in [-0.2, 0) is 0 Å². The minimum atomic E-state index is -5.36. The lowest BCUT2D eigenvalue weighted by Crippen LogP contribution is -2.26. The third kappa shape index (κ3) is 5.74. The fourth-order valence-corrected chi connectivity index (χ4v) is 0.883. The van der Waals surface area contributed by atoms with E-state index in [0.717, 1.165) is 0 Å². The molecule has 0 nitrogen and oxygen atoms in total. The molecule has 0 aromatic rings. The van der Waals surface area contributed by atoms with Crippen LogP contribution in [0.25, 0.3) is 0 Å². The largest absolute Gasteiger partial charge is 0.420 e. The van der Waals surface area contributed by atoms with Gasteiger partial charge in [0.25, 0.3) is 0 Å². The minimum absolute atomic E-state index is 0.0790. The SMILES string of the molecule is [B]C(C)CCC=C(C(F)(F)F)C(F)(F)F. The van der Waals surface area contributed by atoms with Crippen molar-refractivity contribution in [3.05, 3.63) is 11.6 Å².